The zero-order chi connectivity index (χ0) is 17.7. The van der Waals surface area contributed by atoms with Crippen LogP contribution in [-0.4, -0.2) is 22.2 Å². The van der Waals surface area contributed by atoms with E-state index in [1.54, 1.807) is 0 Å². The van der Waals surface area contributed by atoms with E-state index >= 15 is 0 Å². The topological polar surface area (TPSA) is 50.4 Å². The molecule has 2 N–H and O–H groups in total. The Kier molecular flexibility index (Phi) is 3.87. The summed E-state index contributed by atoms with van der Waals surface area (Å²) in [6, 6.07) is 10.3. The number of allylic oxidation sites excluding steroid dienone is 2. The zero-order valence-electron chi connectivity index (χ0n) is 14.7. The second-order valence-corrected chi connectivity index (χ2v) is 8.43. The highest BCUT2D eigenvalue weighted by atomic mass is 32.1. The Hall–Kier alpha value is -1.88. The summed E-state index contributed by atoms with van der Waals surface area (Å²) in [5.74, 6) is 1.16. The number of nitrogens with one attached hydrogen (secondary N) is 2. The Balaban J connectivity index is 1.79. The molecule has 2 aliphatic heterocycles. The lowest BCUT2D eigenvalue weighted by molar-refractivity contribution is -0.120. The van der Waals surface area contributed by atoms with Gasteiger partial charge < -0.3 is 15.4 Å². The first-order valence-corrected chi connectivity index (χ1v) is 9.39. The van der Waals surface area contributed by atoms with E-state index in [4.69, 9.17) is 17.0 Å². The molecule has 25 heavy (non-hydrogen) atoms. The summed E-state index contributed by atoms with van der Waals surface area (Å²) in [7, 11) is 0. The summed E-state index contributed by atoms with van der Waals surface area (Å²) in [5, 5.41) is 7.33. The average Bonchev–Trinajstić information content (AvgIpc) is 2.52. The van der Waals surface area contributed by atoms with Gasteiger partial charge >= 0.3 is 0 Å². The van der Waals surface area contributed by atoms with Crippen LogP contribution in [0.15, 0.2) is 41.7 Å². The number of ketones is 1. The van der Waals surface area contributed by atoms with Crippen molar-refractivity contribution in [3.05, 3.63) is 47.2 Å². The molecule has 2 unspecified atom stereocenters. The average molecular weight is 356 g/mol. The SMILES string of the molecule is CC1(C)CC2(CC(c3ccccc3)C3=C(CCCC3=O)O2)NC(=S)N1. The summed E-state index contributed by atoms with van der Waals surface area (Å²) < 4.78 is 6.47. The van der Waals surface area contributed by atoms with E-state index < -0.39 is 5.72 Å². The van der Waals surface area contributed by atoms with Crippen LogP contribution in [0.5, 0.6) is 0 Å². The number of rotatable bonds is 1. The number of hydrogen-bond donors (Lipinski definition) is 2. The van der Waals surface area contributed by atoms with Crippen LogP contribution >= 0.6 is 12.2 Å². The maximum Gasteiger partial charge on any atom is 0.184 e. The molecule has 0 aromatic heterocycles. The molecule has 1 aliphatic carbocycles. The molecule has 1 aromatic rings. The van der Waals surface area contributed by atoms with Crippen LogP contribution < -0.4 is 10.6 Å². The van der Waals surface area contributed by atoms with Crippen molar-refractivity contribution in [3.63, 3.8) is 0 Å². The van der Waals surface area contributed by atoms with E-state index in [1.165, 1.54) is 5.56 Å². The van der Waals surface area contributed by atoms with Crippen molar-refractivity contribution in [2.45, 2.75) is 63.1 Å². The predicted octanol–water partition coefficient (Wildman–Crippen LogP) is 3.54. The maximum absolute atomic E-state index is 12.7. The number of Topliss-reactive ketones (excluding diaryl/α,β-unsaturated/α-hetero) is 1. The van der Waals surface area contributed by atoms with Crippen LogP contribution in [0, 0.1) is 0 Å². The monoisotopic (exact) mass is 356 g/mol. The van der Waals surface area contributed by atoms with E-state index in [2.05, 4.69) is 36.6 Å². The highest BCUT2D eigenvalue weighted by Crippen LogP contribution is 2.47. The molecule has 4 nitrogen and oxygen atoms in total. The van der Waals surface area contributed by atoms with Gasteiger partial charge in [0.05, 0.1) is 0 Å². The number of benzene rings is 1. The molecule has 1 aromatic carbocycles. The number of thiocarbonyl (C=S) groups is 1. The molecule has 0 amide bonds. The van der Waals surface area contributed by atoms with Crippen LogP contribution in [0.4, 0.5) is 0 Å². The molecule has 2 heterocycles. The van der Waals surface area contributed by atoms with Gasteiger partial charge in [-0.25, -0.2) is 0 Å². The molecule has 1 saturated heterocycles. The molecular weight excluding hydrogens is 332 g/mol. The van der Waals surface area contributed by atoms with E-state index in [0.717, 1.165) is 30.6 Å². The molecule has 4 rings (SSSR count). The Morgan fingerprint density at radius 2 is 1.92 bits per heavy atom. The molecule has 2 atom stereocenters. The normalized spacial score (nSPS) is 31.0. The van der Waals surface area contributed by atoms with Gasteiger partial charge in [-0.15, -0.1) is 0 Å². The quantitative estimate of drug-likeness (QED) is 0.754. The summed E-state index contributed by atoms with van der Waals surface area (Å²) in [6.45, 7) is 4.28. The van der Waals surface area contributed by atoms with Gasteiger partial charge in [0.25, 0.3) is 0 Å². The van der Waals surface area contributed by atoms with Crippen molar-refractivity contribution in [2.24, 2.45) is 0 Å². The molecule has 0 bridgehead atoms. The third kappa shape index (κ3) is 3.06. The van der Waals surface area contributed by atoms with Crippen molar-refractivity contribution >= 4 is 23.1 Å². The van der Waals surface area contributed by atoms with Gasteiger partial charge in [-0.2, -0.15) is 0 Å². The fourth-order valence-electron chi connectivity index (χ4n) is 4.54. The summed E-state index contributed by atoms with van der Waals surface area (Å²) >= 11 is 5.45. The van der Waals surface area contributed by atoms with Crippen molar-refractivity contribution in [1.29, 1.82) is 0 Å². The summed E-state index contributed by atoms with van der Waals surface area (Å²) in [6.07, 6.45) is 3.81. The smallest absolute Gasteiger partial charge is 0.184 e. The predicted molar refractivity (Wildman–Crippen MR) is 101 cm³/mol. The van der Waals surface area contributed by atoms with E-state index in [9.17, 15) is 4.79 Å². The molecule has 132 valence electrons. The highest BCUT2D eigenvalue weighted by molar-refractivity contribution is 7.80. The minimum Gasteiger partial charge on any atom is -0.472 e. The van der Waals surface area contributed by atoms with Crippen LogP contribution in [0.2, 0.25) is 0 Å². The van der Waals surface area contributed by atoms with E-state index in [-0.39, 0.29) is 17.2 Å². The van der Waals surface area contributed by atoms with Gasteiger partial charge in [0, 0.05) is 42.7 Å². The van der Waals surface area contributed by atoms with Gasteiger partial charge in [0.15, 0.2) is 16.6 Å². The van der Waals surface area contributed by atoms with Gasteiger partial charge in [-0.1, -0.05) is 30.3 Å². The second kappa shape index (κ2) is 5.84. The standard InChI is InChI=1S/C20H24N2O2S/c1-19(2)12-20(22-18(25)21-19)11-14(13-7-4-3-5-8-13)17-15(23)9-6-10-16(17)24-20/h3-5,7-8,14H,6,9-12H2,1-2H3,(H2,21,22,25). The van der Waals surface area contributed by atoms with Crippen LogP contribution in [0.3, 0.4) is 0 Å². The van der Waals surface area contributed by atoms with Crippen molar-refractivity contribution in [1.82, 2.24) is 10.6 Å². The number of carbonyl (C=O) groups is 1. The first kappa shape index (κ1) is 16.6. The Bertz CT molecular complexity index is 756. The molecule has 1 spiro atoms. The molecule has 0 saturated carbocycles. The highest BCUT2D eigenvalue weighted by Gasteiger charge is 2.50. The minimum absolute atomic E-state index is 0.0574. The van der Waals surface area contributed by atoms with E-state index in [1.807, 2.05) is 18.2 Å². The van der Waals surface area contributed by atoms with Gasteiger partial charge in [0.2, 0.25) is 0 Å². The second-order valence-electron chi connectivity index (χ2n) is 8.02. The third-order valence-electron chi connectivity index (χ3n) is 5.33. The number of ether oxygens (including phenoxy) is 1. The fourth-order valence-corrected chi connectivity index (χ4v) is 5.00. The van der Waals surface area contributed by atoms with Gasteiger partial charge in [-0.3, -0.25) is 4.79 Å². The molecule has 0 radical (unpaired) electrons. The van der Waals surface area contributed by atoms with Crippen molar-refractivity contribution < 1.29 is 9.53 Å². The van der Waals surface area contributed by atoms with Crippen LogP contribution in [0.1, 0.15) is 57.4 Å². The number of hydrogen-bond acceptors (Lipinski definition) is 3. The van der Waals surface area contributed by atoms with Crippen LogP contribution in [0.25, 0.3) is 0 Å². The third-order valence-corrected chi connectivity index (χ3v) is 5.54. The molecular formula is C20H24N2O2S. The zero-order valence-corrected chi connectivity index (χ0v) is 15.5. The molecule has 3 aliphatic rings. The maximum atomic E-state index is 12.7. The molecule has 5 heteroatoms. The number of carbonyl (C=O) groups excluding carboxylic acids is 1. The van der Waals surface area contributed by atoms with Gasteiger partial charge in [0.1, 0.15) is 5.76 Å². The first-order chi connectivity index (χ1) is 11.9. The Morgan fingerprint density at radius 3 is 2.64 bits per heavy atom. The fraction of sp³-hybridized carbons (Fsp3) is 0.500. The lowest BCUT2D eigenvalue weighted by Gasteiger charge is -2.51. The first-order valence-electron chi connectivity index (χ1n) is 8.98. The van der Waals surface area contributed by atoms with Crippen molar-refractivity contribution in [3.8, 4) is 0 Å². The Labute approximate surface area is 154 Å². The lowest BCUT2D eigenvalue weighted by Crippen LogP contribution is -2.68. The largest absolute Gasteiger partial charge is 0.472 e. The summed E-state index contributed by atoms with van der Waals surface area (Å²) in [5.41, 5.74) is 1.35. The minimum atomic E-state index is -0.553. The lowest BCUT2D eigenvalue weighted by atomic mass is 9.73. The Morgan fingerprint density at radius 1 is 1.16 bits per heavy atom. The summed E-state index contributed by atoms with van der Waals surface area (Å²) in [4.78, 5) is 12.7. The van der Waals surface area contributed by atoms with Crippen LogP contribution in [-0.2, 0) is 9.53 Å². The van der Waals surface area contributed by atoms with Crippen molar-refractivity contribution in [2.75, 3.05) is 0 Å². The van der Waals surface area contributed by atoms with Gasteiger partial charge in [-0.05, 0) is 38.0 Å². The molecule has 1 fully saturated rings. The van der Waals surface area contributed by atoms with E-state index in [0.29, 0.717) is 18.0 Å².